The van der Waals surface area contributed by atoms with Crippen LogP contribution in [0.5, 0.6) is 5.75 Å². The van der Waals surface area contributed by atoms with Gasteiger partial charge in [0.15, 0.2) is 5.60 Å². The molecule has 4 heterocycles. The van der Waals surface area contributed by atoms with Gasteiger partial charge >= 0.3 is 5.97 Å². The van der Waals surface area contributed by atoms with Crippen LogP contribution in [0.3, 0.4) is 0 Å². The number of ether oxygens (including phenoxy) is 3. The number of carbonyl (C=O) groups excluding carboxylic acids is 4. The number of nitrogens with zero attached hydrogens (tertiary/aromatic N) is 3. The van der Waals surface area contributed by atoms with Crippen molar-refractivity contribution in [3.63, 3.8) is 0 Å². The molecule has 0 aromatic heterocycles. The minimum absolute atomic E-state index is 0.0664. The van der Waals surface area contributed by atoms with Gasteiger partial charge in [0.1, 0.15) is 5.75 Å². The second-order valence-corrected chi connectivity index (χ2v) is 19.8. The molecule has 3 saturated heterocycles. The molecule has 0 bridgehead atoms. The molecule has 3 amide bonds. The summed E-state index contributed by atoms with van der Waals surface area (Å²) >= 11 is 0. The average Bonchev–Trinajstić information content (AvgIpc) is 3.80. The highest BCUT2D eigenvalue weighted by molar-refractivity contribution is 6.91. The van der Waals surface area contributed by atoms with Gasteiger partial charge in [-0.15, -0.1) is 0 Å². The summed E-state index contributed by atoms with van der Waals surface area (Å²) in [4.78, 5) is 59.6. The summed E-state index contributed by atoms with van der Waals surface area (Å²) < 4.78 is 17.5. The van der Waals surface area contributed by atoms with E-state index in [-0.39, 0.29) is 60.6 Å². The van der Waals surface area contributed by atoms with E-state index in [4.69, 9.17) is 14.2 Å². The number of rotatable bonds is 12. The van der Waals surface area contributed by atoms with Crippen molar-refractivity contribution in [3.05, 3.63) is 48.0 Å². The molecule has 51 heavy (non-hydrogen) atoms. The van der Waals surface area contributed by atoms with Crippen LogP contribution in [0.15, 0.2) is 42.5 Å². The summed E-state index contributed by atoms with van der Waals surface area (Å²) in [5, 5.41) is 11.2. The van der Waals surface area contributed by atoms with Crippen LogP contribution in [-0.2, 0) is 34.3 Å². The van der Waals surface area contributed by atoms with Crippen molar-refractivity contribution in [2.75, 3.05) is 50.3 Å². The summed E-state index contributed by atoms with van der Waals surface area (Å²) in [5.74, 6) is -0.00908. The zero-order valence-corrected chi connectivity index (χ0v) is 31.7. The van der Waals surface area contributed by atoms with Crippen LogP contribution < -0.4 is 19.7 Å². The Bertz CT molecular complexity index is 1630. The topological polar surface area (TPSA) is 126 Å². The van der Waals surface area contributed by atoms with Gasteiger partial charge in [-0.05, 0) is 74.4 Å². The molecule has 4 aliphatic rings. The highest BCUT2D eigenvalue weighted by Gasteiger charge is 2.66. The molecule has 0 radical (unpaired) electrons. The average molecular weight is 720 g/mol. The van der Waals surface area contributed by atoms with Crippen molar-refractivity contribution in [2.24, 2.45) is 5.92 Å². The Labute approximate surface area is 302 Å². The summed E-state index contributed by atoms with van der Waals surface area (Å²) in [6.45, 7) is 8.19. The number of anilines is 2. The number of amides is 3. The van der Waals surface area contributed by atoms with Gasteiger partial charge in [0.2, 0.25) is 11.8 Å². The molecule has 2 aromatic rings. The van der Waals surface area contributed by atoms with Gasteiger partial charge in [0.05, 0.1) is 53.2 Å². The van der Waals surface area contributed by atoms with Crippen LogP contribution >= 0.6 is 0 Å². The van der Waals surface area contributed by atoms with Gasteiger partial charge in [-0.3, -0.25) is 19.2 Å². The van der Waals surface area contributed by atoms with Crippen LogP contribution in [0.1, 0.15) is 70.3 Å². The fourth-order valence-electron chi connectivity index (χ4n) is 9.25. The van der Waals surface area contributed by atoms with Crippen molar-refractivity contribution in [2.45, 2.75) is 101 Å². The Kier molecular flexibility index (Phi) is 11.0. The van der Waals surface area contributed by atoms with Crippen molar-refractivity contribution in [1.82, 2.24) is 4.90 Å². The first-order valence-corrected chi connectivity index (χ1v) is 21.6. The number of hydrogen-bond acceptors (Lipinski definition) is 8. The Balaban J connectivity index is 1.43. The molecule has 4 aliphatic heterocycles. The number of fused-ring (bicyclic) bond motifs is 2. The third-order valence-electron chi connectivity index (χ3n) is 12.0. The maximum atomic E-state index is 15.1. The third-order valence-corrected chi connectivity index (χ3v) is 16.3. The number of unbranched alkanes of at least 4 members (excludes halogenated alkanes) is 1. The van der Waals surface area contributed by atoms with Gasteiger partial charge in [-0.1, -0.05) is 37.3 Å². The lowest BCUT2D eigenvalue weighted by Gasteiger charge is -2.37. The number of esters is 1. The van der Waals surface area contributed by atoms with Crippen LogP contribution in [0.2, 0.25) is 18.6 Å². The van der Waals surface area contributed by atoms with E-state index in [9.17, 15) is 19.5 Å². The summed E-state index contributed by atoms with van der Waals surface area (Å²) in [6, 6.07) is 13.7. The number of piperidine rings is 1. The van der Waals surface area contributed by atoms with Crippen LogP contribution in [0, 0.1) is 5.92 Å². The zero-order chi connectivity index (χ0) is 36.5. The zero-order valence-electron chi connectivity index (χ0n) is 30.7. The quantitative estimate of drug-likeness (QED) is 0.193. The van der Waals surface area contributed by atoms with Crippen LogP contribution in [0.4, 0.5) is 11.4 Å². The lowest BCUT2D eigenvalue weighted by atomic mass is 9.82. The lowest BCUT2D eigenvalue weighted by Crippen LogP contribution is -2.52. The van der Waals surface area contributed by atoms with Gasteiger partial charge in [-0.2, -0.15) is 0 Å². The number of likely N-dealkylation sites (tertiary alicyclic amines) is 1. The molecule has 3 fully saturated rings. The van der Waals surface area contributed by atoms with Crippen LogP contribution in [0.25, 0.3) is 0 Å². The van der Waals surface area contributed by atoms with E-state index < -0.39 is 19.8 Å². The number of aliphatic hydroxyl groups is 1. The third kappa shape index (κ3) is 6.70. The van der Waals surface area contributed by atoms with E-state index in [0.717, 1.165) is 48.4 Å². The standard InChI is InChI=1S/C39H53N3O8Si/c1-26-37(51(4,5)30-17-15-29(48-2)16-18-30)33(24-35(45)41-22-10-11-28(41)25-43)50-39(26)31-23-27(40-20-8-6-12-34(40)44)14-19-32(31)42(38(39)47)21-9-7-13-36(46)49-3/h14-19,23,26,28,33,37,43H,6-13,20-22,24-25H2,1-5H3/t26-,28+,33+,37-,39+/m1/s1. The highest BCUT2D eigenvalue weighted by atomic mass is 28.3. The fraction of sp³-hybridized carbons (Fsp3) is 0.590. The van der Waals surface area contributed by atoms with Crippen molar-refractivity contribution < 1.29 is 38.5 Å². The fourth-order valence-corrected chi connectivity index (χ4v) is 13.3. The molecule has 0 saturated carbocycles. The number of carbonyl (C=O) groups is 4. The summed E-state index contributed by atoms with van der Waals surface area (Å²) in [7, 11) is 0.517. The molecule has 2 aromatic carbocycles. The molecule has 1 N–H and O–H groups in total. The van der Waals surface area contributed by atoms with Crippen molar-refractivity contribution >= 4 is 48.3 Å². The van der Waals surface area contributed by atoms with E-state index in [2.05, 4.69) is 32.2 Å². The molecule has 0 unspecified atom stereocenters. The second-order valence-electron chi connectivity index (χ2n) is 15.1. The van der Waals surface area contributed by atoms with E-state index in [1.807, 2.05) is 35.2 Å². The highest BCUT2D eigenvalue weighted by Crippen LogP contribution is 2.60. The minimum Gasteiger partial charge on any atom is -0.497 e. The molecular formula is C39H53N3O8Si. The molecular weight excluding hydrogens is 667 g/mol. The van der Waals surface area contributed by atoms with E-state index >= 15 is 4.79 Å². The second kappa shape index (κ2) is 15.1. The molecule has 1 spiro atoms. The molecule has 6 rings (SSSR count). The molecule has 0 aliphatic carbocycles. The number of hydrogen-bond donors (Lipinski definition) is 1. The van der Waals surface area contributed by atoms with Gasteiger partial charge in [0, 0.05) is 49.6 Å². The van der Waals surface area contributed by atoms with E-state index in [0.29, 0.717) is 38.9 Å². The SMILES string of the molecule is COC(=O)CCCCN1C(=O)[C@@]2(O[C@@H](CC(=O)N3CCC[C@H]3CO)[C@H]([Si](C)(C)c3ccc(OC)cc3)[C@H]2C)c2cc(N3CCCCC3=O)ccc21. The van der Waals surface area contributed by atoms with E-state index in [1.165, 1.54) is 12.3 Å². The van der Waals surface area contributed by atoms with Gasteiger partial charge in [-0.25, -0.2) is 0 Å². The number of aliphatic hydroxyl groups excluding tert-OH is 1. The number of benzene rings is 2. The first-order chi connectivity index (χ1) is 24.5. The Hall–Kier alpha value is -3.74. The maximum absolute atomic E-state index is 15.1. The van der Waals surface area contributed by atoms with Gasteiger partial charge < -0.3 is 34.0 Å². The first kappa shape index (κ1) is 37.0. The lowest BCUT2D eigenvalue weighted by molar-refractivity contribution is -0.150. The normalized spacial score (nSPS) is 26.3. The van der Waals surface area contributed by atoms with E-state index in [1.54, 1.807) is 16.9 Å². The Morgan fingerprint density at radius 1 is 1.02 bits per heavy atom. The van der Waals surface area contributed by atoms with Crippen LogP contribution in [-0.4, -0.2) is 94.4 Å². The smallest absolute Gasteiger partial charge is 0.305 e. The number of methoxy groups -OCH3 is 2. The van der Waals surface area contributed by atoms with Crippen molar-refractivity contribution in [1.29, 1.82) is 0 Å². The van der Waals surface area contributed by atoms with Gasteiger partial charge in [0.25, 0.3) is 5.91 Å². The summed E-state index contributed by atoms with van der Waals surface area (Å²) in [5.41, 5.74) is 0.714. The predicted molar refractivity (Wildman–Crippen MR) is 197 cm³/mol. The monoisotopic (exact) mass is 719 g/mol. The Morgan fingerprint density at radius 2 is 1.78 bits per heavy atom. The van der Waals surface area contributed by atoms with Crippen molar-refractivity contribution in [3.8, 4) is 5.75 Å². The molecule has 11 nitrogen and oxygen atoms in total. The molecule has 12 heteroatoms. The predicted octanol–water partition coefficient (Wildman–Crippen LogP) is 4.49. The minimum atomic E-state index is -2.50. The molecule has 276 valence electrons. The first-order valence-electron chi connectivity index (χ1n) is 18.5. The summed E-state index contributed by atoms with van der Waals surface area (Å²) in [6.07, 6.45) is 4.81. The largest absolute Gasteiger partial charge is 0.497 e. The maximum Gasteiger partial charge on any atom is 0.305 e. The molecule has 5 atom stereocenters. The Morgan fingerprint density at radius 3 is 2.47 bits per heavy atom.